The maximum Gasteiger partial charge on any atom is 0.335 e. The van der Waals surface area contributed by atoms with Crippen molar-refractivity contribution in [3.05, 3.63) is 35.2 Å². The molecule has 0 atom stereocenters. The Morgan fingerprint density at radius 2 is 2.07 bits per heavy atom. The summed E-state index contributed by atoms with van der Waals surface area (Å²) >= 11 is 0. The first-order valence-electron chi connectivity index (χ1n) is 4.55. The lowest BCUT2D eigenvalue weighted by atomic mass is 10.1. The molecule has 4 heteroatoms. The highest BCUT2D eigenvalue weighted by Crippen LogP contribution is 2.17. The molecule has 0 radical (unpaired) electrons. The molecule has 2 rings (SSSR count). The van der Waals surface area contributed by atoms with Crippen molar-refractivity contribution in [2.45, 2.75) is 13.8 Å². The lowest BCUT2D eigenvalue weighted by molar-refractivity contribution is 0.0697. The summed E-state index contributed by atoms with van der Waals surface area (Å²) in [4.78, 5) is 19.3. The van der Waals surface area contributed by atoms with Crippen LogP contribution in [-0.4, -0.2) is 21.0 Å². The van der Waals surface area contributed by atoms with Crippen LogP contribution < -0.4 is 0 Å². The summed E-state index contributed by atoms with van der Waals surface area (Å²) < 4.78 is 0. The van der Waals surface area contributed by atoms with Crippen molar-refractivity contribution in [1.29, 1.82) is 0 Å². The first kappa shape index (κ1) is 9.58. The number of carbonyl (C=O) groups is 1. The van der Waals surface area contributed by atoms with Gasteiger partial charge in [0.25, 0.3) is 0 Å². The molecule has 1 N–H and O–H groups in total. The second kappa shape index (κ2) is 3.31. The molecule has 15 heavy (non-hydrogen) atoms. The molecule has 0 amide bonds. The van der Waals surface area contributed by atoms with E-state index in [1.54, 1.807) is 12.3 Å². The van der Waals surface area contributed by atoms with E-state index in [0.29, 0.717) is 5.52 Å². The van der Waals surface area contributed by atoms with Gasteiger partial charge in [0.05, 0.1) is 22.3 Å². The fourth-order valence-electron chi connectivity index (χ4n) is 1.50. The number of aryl methyl sites for hydroxylation is 2. The highest BCUT2D eigenvalue weighted by molar-refractivity contribution is 5.93. The number of benzene rings is 1. The number of aromatic nitrogens is 2. The quantitative estimate of drug-likeness (QED) is 0.767. The third-order valence-corrected chi connectivity index (χ3v) is 2.21. The summed E-state index contributed by atoms with van der Waals surface area (Å²) in [6, 6.07) is 3.15. The molecule has 76 valence electrons. The zero-order valence-electron chi connectivity index (χ0n) is 8.48. The van der Waals surface area contributed by atoms with Crippen LogP contribution in [0.4, 0.5) is 0 Å². The summed E-state index contributed by atoms with van der Waals surface area (Å²) in [5, 5.41) is 8.88. The van der Waals surface area contributed by atoms with Gasteiger partial charge in [-0.1, -0.05) is 0 Å². The van der Waals surface area contributed by atoms with Crippen LogP contribution in [0, 0.1) is 13.8 Å². The van der Waals surface area contributed by atoms with Crippen LogP contribution in [0.2, 0.25) is 0 Å². The third kappa shape index (κ3) is 1.66. The Bertz CT molecular complexity index is 550. The van der Waals surface area contributed by atoms with E-state index in [-0.39, 0.29) is 5.56 Å². The van der Waals surface area contributed by atoms with Crippen molar-refractivity contribution in [2.24, 2.45) is 0 Å². The predicted molar refractivity (Wildman–Crippen MR) is 56.0 cm³/mol. The Labute approximate surface area is 86.6 Å². The van der Waals surface area contributed by atoms with E-state index in [1.165, 1.54) is 6.07 Å². The molecule has 0 bridgehead atoms. The second-order valence-electron chi connectivity index (χ2n) is 3.48. The van der Waals surface area contributed by atoms with Crippen molar-refractivity contribution < 1.29 is 9.90 Å². The molecular weight excluding hydrogens is 192 g/mol. The Balaban J connectivity index is 2.78. The molecule has 0 aliphatic carbocycles. The van der Waals surface area contributed by atoms with Gasteiger partial charge in [-0.05, 0) is 31.5 Å². The van der Waals surface area contributed by atoms with Gasteiger partial charge in [-0.2, -0.15) is 0 Å². The molecular formula is C11H10N2O2. The molecule has 0 saturated carbocycles. The van der Waals surface area contributed by atoms with Crippen LogP contribution in [0.5, 0.6) is 0 Å². The zero-order chi connectivity index (χ0) is 11.0. The van der Waals surface area contributed by atoms with E-state index < -0.39 is 5.97 Å². The zero-order valence-corrected chi connectivity index (χ0v) is 8.48. The molecule has 0 aliphatic rings. The SMILES string of the molecule is Cc1cnc2cc(C(=O)O)cc(C)c2n1. The predicted octanol–water partition coefficient (Wildman–Crippen LogP) is 1.94. The highest BCUT2D eigenvalue weighted by atomic mass is 16.4. The largest absolute Gasteiger partial charge is 0.478 e. The van der Waals surface area contributed by atoms with Gasteiger partial charge >= 0.3 is 5.97 Å². The van der Waals surface area contributed by atoms with Gasteiger partial charge < -0.3 is 5.11 Å². The maximum atomic E-state index is 10.8. The summed E-state index contributed by atoms with van der Waals surface area (Å²) in [5.74, 6) is -0.942. The Morgan fingerprint density at radius 1 is 1.33 bits per heavy atom. The van der Waals surface area contributed by atoms with Crippen LogP contribution in [0.1, 0.15) is 21.6 Å². The van der Waals surface area contributed by atoms with Crippen molar-refractivity contribution in [1.82, 2.24) is 9.97 Å². The Hall–Kier alpha value is -1.97. The number of hydrogen-bond donors (Lipinski definition) is 1. The smallest absolute Gasteiger partial charge is 0.335 e. The van der Waals surface area contributed by atoms with E-state index in [4.69, 9.17) is 5.11 Å². The number of carboxylic acid groups (broad SMARTS) is 1. The van der Waals surface area contributed by atoms with Gasteiger partial charge in [0, 0.05) is 6.20 Å². The van der Waals surface area contributed by atoms with E-state index in [0.717, 1.165) is 16.8 Å². The topological polar surface area (TPSA) is 63.1 Å². The lowest BCUT2D eigenvalue weighted by Crippen LogP contribution is -1.99. The van der Waals surface area contributed by atoms with E-state index in [2.05, 4.69) is 9.97 Å². The number of aromatic carboxylic acids is 1. The molecule has 4 nitrogen and oxygen atoms in total. The van der Waals surface area contributed by atoms with Crippen molar-refractivity contribution in [2.75, 3.05) is 0 Å². The summed E-state index contributed by atoms with van der Waals surface area (Å²) in [6.45, 7) is 3.69. The van der Waals surface area contributed by atoms with Gasteiger partial charge in [-0.25, -0.2) is 9.78 Å². The minimum Gasteiger partial charge on any atom is -0.478 e. The minimum atomic E-state index is -0.942. The van der Waals surface area contributed by atoms with Crippen LogP contribution in [0.15, 0.2) is 18.3 Å². The molecule has 0 unspecified atom stereocenters. The van der Waals surface area contributed by atoms with Crippen molar-refractivity contribution >= 4 is 17.0 Å². The number of fused-ring (bicyclic) bond motifs is 1. The van der Waals surface area contributed by atoms with Crippen LogP contribution >= 0.6 is 0 Å². The third-order valence-electron chi connectivity index (χ3n) is 2.21. The standard InChI is InChI=1S/C11H10N2O2/c1-6-3-8(11(14)15)4-9-10(6)13-7(2)5-12-9/h3-5H,1-2H3,(H,14,15). The molecule has 0 aliphatic heterocycles. The van der Waals surface area contributed by atoms with Crippen molar-refractivity contribution in [3.63, 3.8) is 0 Å². The average molecular weight is 202 g/mol. The number of nitrogens with zero attached hydrogens (tertiary/aromatic N) is 2. The second-order valence-corrected chi connectivity index (χ2v) is 3.48. The van der Waals surface area contributed by atoms with E-state index in [1.807, 2.05) is 13.8 Å². The molecule has 1 aromatic heterocycles. The van der Waals surface area contributed by atoms with Crippen LogP contribution in [0.3, 0.4) is 0 Å². The fraction of sp³-hybridized carbons (Fsp3) is 0.182. The Morgan fingerprint density at radius 3 is 2.73 bits per heavy atom. The lowest BCUT2D eigenvalue weighted by Gasteiger charge is -2.03. The normalized spacial score (nSPS) is 10.5. The van der Waals surface area contributed by atoms with Gasteiger partial charge in [-0.15, -0.1) is 0 Å². The molecule has 0 spiro atoms. The maximum absolute atomic E-state index is 10.8. The van der Waals surface area contributed by atoms with E-state index >= 15 is 0 Å². The van der Waals surface area contributed by atoms with Gasteiger partial charge in [0.15, 0.2) is 0 Å². The number of hydrogen-bond acceptors (Lipinski definition) is 3. The highest BCUT2D eigenvalue weighted by Gasteiger charge is 2.08. The fourth-order valence-corrected chi connectivity index (χ4v) is 1.50. The van der Waals surface area contributed by atoms with Gasteiger partial charge in [0.2, 0.25) is 0 Å². The van der Waals surface area contributed by atoms with Gasteiger partial charge in [0.1, 0.15) is 0 Å². The number of carboxylic acids is 1. The van der Waals surface area contributed by atoms with Crippen LogP contribution in [-0.2, 0) is 0 Å². The summed E-state index contributed by atoms with van der Waals surface area (Å²) in [6.07, 6.45) is 1.63. The number of rotatable bonds is 1. The van der Waals surface area contributed by atoms with Crippen molar-refractivity contribution in [3.8, 4) is 0 Å². The minimum absolute atomic E-state index is 0.248. The molecule has 2 aromatic rings. The molecule has 0 fully saturated rings. The summed E-state index contributed by atoms with van der Waals surface area (Å²) in [7, 11) is 0. The van der Waals surface area contributed by atoms with Crippen LogP contribution in [0.25, 0.3) is 11.0 Å². The molecule has 1 aromatic carbocycles. The monoisotopic (exact) mass is 202 g/mol. The van der Waals surface area contributed by atoms with Gasteiger partial charge in [-0.3, -0.25) is 4.98 Å². The molecule has 0 saturated heterocycles. The Kier molecular flexibility index (Phi) is 2.11. The first-order valence-corrected chi connectivity index (χ1v) is 4.55. The molecule has 1 heterocycles. The summed E-state index contributed by atoms with van der Waals surface area (Å²) in [5.41, 5.74) is 3.30. The first-order chi connectivity index (χ1) is 7.08. The van der Waals surface area contributed by atoms with E-state index in [9.17, 15) is 4.79 Å². The average Bonchev–Trinajstić information content (AvgIpc) is 2.18.